The van der Waals surface area contributed by atoms with Crippen LogP contribution in [0.15, 0.2) is 18.2 Å². The number of ketones is 1. The van der Waals surface area contributed by atoms with E-state index in [9.17, 15) is 4.79 Å². The fourth-order valence-electron chi connectivity index (χ4n) is 1.53. The van der Waals surface area contributed by atoms with Crippen LogP contribution >= 0.6 is 0 Å². The second-order valence-corrected chi connectivity index (χ2v) is 2.94. The van der Waals surface area contributed by atoms with E-state index >= 15 is 0 Å². The first kappa shape index (κ1) is 7.31. The zero-order chi connectivity index (χ0) is 8.55. The first-order valence-electron chi connectivity index (χ1n) is 3.94. The van der Waals surface area contributed by atoms with Gasteiger partial charge in [-0.2, -0.15) is 0 Å². The first-order valence-corrected chi connectivity index (χ1v) is 3.94. The lowest BCUT2D eigenvalue weighted by Gasteiger charge is -2.01. The highest BCUT2D eigenvalue weighted by Crippen LogP contribution is 2.24. The number of carbonyl (C=O) groups excluding carboxylic acids is 1. The number of hydrogen-bond donors (Lipinski definition) is 2. The Morgan fingerprint density at radius 2 is 2.17 bits per heavy atom. The molecule has 0 aromatic heterocycles. The summed E-state index contributed by atoms with van der Waals surface area (Å²) < 4.78 is 0. The number of carbonyl (C=O) groups is 1. The summed E-state index contributed by atoms with van der Waals surface area (Å²) in [6.45, 7) is 0. The number of nitrogens with one attached hydrogen (secondary N) is 1. The van der Waals surface area contributed by atoms with Gasteiger partial charge < -0.3 is 5.43 Å². The molecule has 0 aliphatic heterocycles. The van der Waals surface area contributed by atoms with Crippen LogP contribution in [0.2, 0.25) is 0 Å². The summed E-state index contributed by atoms with van der Waals surface area (Å²) in [5.41, 5.74) is 5.28. The smallest absolute Gasteiger partial charge is 0.163 e. The van der Waals surface area contributed by atoms with Crippen LogP contribution in [0.5, 0.6) is 0 Å². The summed E-state index contributed by atoms with van der Waals surface area (Å²) in [5, 5.41) is 0. The average Bonchev–Trinajstić information content (AvgIpc) is 2.47. The number of fused-ring (bicyclic) bond motifs is 1. The second-order valence-electron chi connectivity index (χ2n) is 2.94. The van der Waals surface area contributed by atoms with Crippen molar-refractivity contribution in [3.63, 3.8) is 0 Å². The Hall–Kier alpha value is -1.35. The molecule has 0 bridgehead atoms. The van der Waals surface area contributed by atoms with Gasteiger partial charge in [0.2, 0.25) is 0 Å². The molecule has 2 rings (SSSR count). The maximum atomic E-state index is 11.3. The zero-order valence-electron chi connectivity index (χ0n) is 6.63. The molecular formula is C9H10N2O. The number of hydrazine groups is 1. The fraction of sp³-hybridized carbons (Fsp3) is 0.222. The van der Waals surface area contributed by atoms with E-state index in [0.29, 0.717) is 6.42 Å². The molecule has 0 saturated carbocycles. The summed E-state index contributed by atoms with van der Waals surface area (Å²) in [6.07, 6.45) is 1.52. The molecule has 0 unspecified atom stereocenters. The lowest BCUT2D eigenvalue weighted by molar-refractivity contribution is 0.0994. The molecule has 0 amide bonds. The van der Waals surface area contributed by atoms with Crippen molar-refractivity contribution in [3.8, 4) is 0 Å². The number of nitrogen functional groups attached to an aromatic ring is 1. The summed E-state index contributed by atoms with van der Waals surface area (Å²) >= 11 is 0. The van der Waals surface area contributed by atoms with Crippen molar-refractivity contribution in [3.05, 3.63) is 29.3 Å². The molecule has 62 valence electrons. The van der Waals surface area contributed by atoms with Crippen molar-refractivity contribution in [1.29, 1.82) is 0 Å². The third kappa shape index (κ3) is 0.987. The standard InChI is InChI=1S/C9H10N2O/c10-11-7-3-1-6-2-4-9(12)8(6)5-7/h1,3,5,11H,2,4,10H2. The second kappa shape index (κ2) is 2.60. The maximum Gasteiger partial charge on any atom is 0.163 e. The van der Waals surface area contributed by atoms with Gasteiger partial charge in [0.15, 0.2) is 5.78 Å². The molecule has 3 heteroatoms. The molecule has 1 aliphatic rings. The van der Waals surface area contributed by atoms with Crippen molar-refractivity contribution in [2.45, 2.75) is 12.8 Å². The highest BCUT2D eigenvalue weighted by atomic mass is 16.1. The summed E-state index contributed by atoms with van der Waals surface area (Å²) in [5.74, 6) is 5.45. The van der Waals surface area contributed by atoms with Crippen molar-refractivity contribution < 1.29 is 4.79 Å². The molecule has 0 atom stereocenters. The number of benzene rings is 1. The zero-order valence-corrected chi connectivity index (χ0v) is 6.63. The Balaban J connectivity index is 2.50. The van der Waals surface area contributed by atoms with Crippen molar-refractivity contribution in [2.24, 2.45) is 5.84 Å². The Kier molecular flexibility index (Phi) is 1.59. The van der Waals surface area contributed by atoms with Gasteiger partial charge in [-0.3, -0.25) is 10.6 Å². The van der Waals surface area contributed by atoms with Gasteiger partial charge in [0.05, 0.1) is 0 Å². The van der Waals surface area contributed by atoms with Gasteiger partial charge in [0, 0.05) is 17.7 Å². The molecule has 1 aliphatic carbocycles. The minimum atomic E-state index is 0.224. The normalized spacial score (nSPS) is 14.6. The SMILES string of the molecule is NNc1ccc2c(c1)C(=O)CC2. The van der Waals surface area contributed by atoms with Gasteiger partial charge >= 0.3 is 0 Å². The van der Waals surface area contributed by atoms with Gasteiger partial charge in [0.25, 0.3) is 0 Å². The molecule has 3 N–H and O–H groups in total. The largest absolute Gasteiger partial charge is 0.324 e. The highest BCUT2D eigenvalue weighted by molar-refractivity contribution is 6.01. The molecule has 1 aromatic carbocycles. The molecule has 12 heavy (non-hydrogen) atoms. The van der Waals surface area contributed by atoms with E-state index in [0.717, 1.165) is 23.2 Å². The topological polar surface area (TPSA) is 55.1 Å². The predicted octanol–water partition coefficient (Wildman–Crippen LogP) is 1.10. The van der Waals surface area contributed by atoms with Gasteiger partial charge in [-0.1, -0.05) is 6.07 Å². The lowest BCUT2D eigenvalue weighted by Crippen LogP contribution is -2.07. The molecule has 0 heterocycles. The quantitative estimate of drug-likeness (QED) is 0.480. The Morgan fingerprint density at radius 3 is 2.92 bits per heavy atom. The Morgan fingerprint density at radius 1 is 1.33 bits per heavy atom. The number of nitrogens with two attached hydrogens (primary N) is 1. The predicted molar refractivity (Wildman–Crippen MR) is 46.9 cm³/mol. The minimum absolute atomic E-state index is 0.224. The van der Waals surface area contributed by atoms with Crippen LogP contribution in [0, 0.1) is 0 Å². The van der Waals surface area contributed by atoms with Crippen LogP contribution in [0.4, 0.5) is 5.69 Å². The van der Waals surface area contributed by atoms with E-state index in [-0.39, 0.29) is 5.78 Å². The molecule has 0 spiro atoms. The number of aryl methyl sites for hydroxylation is 1. The molecule has 0 fully saturated rings. The van der Waals surface area contributed by atoms with E-state index in [1.165, 1.54) is 0 Å². The summed E-state index contributed by atoms with van der Waals surface area (Å²) in [7, 11) is 0. The van der Waals surface area contributed by atoms with Crippen LogP contribution in [0.1, 0.15) is 22.3 Å². The van der Waals surface area contributed by atoms with E-state index in [4.69, 9.17) is 5.84 Å². The van der Waals surface area contributed by atoms with Crippen LogP contribution in [-0.2, 0) is 6.42 Å². The van der Waals surface area contributed by atoms with E-state index in [2.05, 4.69) is 5.43 Å². The van der Waals surface area contributed by atoms with Gasteiger partial charge in [-0.05, 0) is 24.1 Å². The number of rotatable bonds is 1. The van der Waals surface area contributed by atoms with Crippen LogP contribution in [-0.4, -0.2) is 5.78 Å². The number of hydrogen-bond acceptors (Lipinski definition) is 3. The summed E-state index contributed by atoms with van der Waals surface area (Å²) in [6, 6.07) is 5.65. The molecule has 1 aromatic rings. The van der Waals surface area contributed by atoms with Crippen LogP contribution < -0.4 is 11.3 Å². The van der Waals surface area contributed by atoms with Gasteiger partial charge in [-0.25, -0.2) is 0 Å². The van der Waals surface area contributed by atoms with Crippen LogP contribution in [0.25, 0.3) is 0 Å². The van der Waals surface area contributed by atoms with Gasteiger partial charge in [-0.15, -0.1) is 0 Å². The number of anilines is 1. The lowest BCUT2D eigenvalue weighted by atomic mass is 10.1. The third-order valence-corrected chi connectivity index (χ3v) is 2.20. The van der Waals surface area contributed by atoms with E-state index in [1.54, 1.807) is 0 Å². The van der Waals surface area contributed by atoms with E-state index < -0.39 is 0 Å². The number of Topliss-reactive ketones (excluding diaryl/α,β-unsaturated/α-hetero) is 1. The van der Waals surface area contributed by atoms with Crippen molar-refractivity contribution in [2.75, 3.05) is 5.43 Å². The fourth-order valence-corrected chi connectivity index (χ4v) is 1.53. The van der Waals surface area contributed by atoms with Gasteiger partial charge in [0.1, 0.15) is 0 Å². The Bertz CT molecular complexity index is 333. The molecule has 0 radical (unpaired) electrons. The van der Waals surface area contributed by atoms with E-state index in [1.807, 2.05) is 18.2 Å². The average molecular weight is 162 g/mol. The first-order chi connectivity index (χ1) is 5.81. The maximum absolute atomic E-state index is 11.3. The third-order valence-electron chi connectivity index (χ3n) is 2.20. The van der Waals surface area contributed by atoms with Crippen molar-refractivity contribution in [1.82, 2.24) is 0 Å². The van der Waals surface area contributed by atoms with Crippen molar-refractivity contribution >= 4 is 11.5 Å². The molecular weight excluding hydrogens is 152 g/mol. The molecule has 0 saturated heterocycles. The summed E-state index contributed by atoms with van der Waals surface area (Å²) in [4.78, 5) is 11.3. The molecule has 3 nitrogen and oxygen atoms in total. The highest BCUT2D eigenvalue weighted by Gasteiger charge is 2.18. The van der Waals surface area contributed by atoms with Crippen LogP contribution in [0.3, 0.4) is 0 Å². The Labute approximate surface area is 70.5 Å². The minimum Gasteiger partial charge on any atom is -0.324 e. The monoisotopic (exact) mass is 162 g/mol.